The summed E-state index contributed by atoms with van der Waals surface area (Å²) in [5.41, 5.74) is 0.986. The first-order valence-electron chi connectivity index (χ1n) is 3.87. The minimum absolute atomic E-state index is 0.986. The zero-order chi connectivity index (χ0) is 5.35. The third-order valence-electron chi connectivity index (χ3n) is 4.04. The van der Waals surface area contributed by atoms with Crippen LogP contribution in [0, 0.1) is 23.2 Å². The number of hydrogen-bond donors (Lipinski definition) is 0. The van der Waals surface area contributed by atoms with Crippen LogP contribution in [0.15, 0.2) is 0 Å². The van der Waals surface area contributed by atoms with Gasteiger partial charge in [0.15, 0.2) is 0 Å². The molecule has 4 atom stereocenters. The molecule has 0 heteroatoms. The van der Waals surface area contributed by atoms with Gasteiger partial charge in [0.05, 0.1) is 0 Å². The van der Waals surface area contributed by atoms with E-state index < -0.39 is 0 Å². The fourth-order valence-corrected chi connectivity index (χ4v) is 3.49. The second-order valence-electron chi connectivity index (χ2n) is 3.93. The molecule has 0 nitrogen and oxygen atoms in total. The molecule has 0 bridgehead atoms. The quantitative estimate of drug-likeness (QED) is 0.445. The van der Waals surface area contributed by atoms with Gasteiger partial charge in [-0.3, -0.25) is 0 Å². The van der Waals surface area contributed by atoms with Crippen molar-refractivity contribution in [1.82, 2.24) is 0 Å². The van der Waals surface area contributed by atoms with Crippen LogP contribution >= 0.6 is 0 Å². The standard InChI is InChI=1S/C8H12/c1-5-7-6-3-2-4-8(5,6)7/h5-7H,2-4H2,1H3. The van der Waals surface area contributed by atoms with Crippen molar-refractivity contribution in [2.45, 2.75) is 26.2 Å². The van der Waals surface area contributed by atoms with E-state index >= 15 is 0 Å². The molecule has 44 valence electrons. The second-order valence-corrected chi connectivity index (χ2v) is 3.93. The van der Waals surface area contributed by atoms with E-state index in [1.165, 1.54) is 11.8 Å². The summed E-state index contributed by atoms with van der Waals surface area (Å²) in [4.78, 5) is 0. The summed E-state index contributed by atoms with van der Waals surface area (Å²) >= 11 is 0. The molecule has 3 rings (SSSR count). The van der Waals surface area contributed by atoms with Crippen LogP contribution in [-0.4, -0.2) is 0 Å². The Labute approximate surface area is 50.3 Å². The summed E-state index contributed by atoms with van der Waals surface area (Å²) in [5, 5.41) is 0. The molecule has 0 aromatic rings. The zero-order valence-electron chi connectivity index (χ0n) is 5.35. The average molecular weight is 108 g/mol. The lowest BCUT2D eigenvalue weighted by Gasteiger charge is -2.03. The molecule has 0 amide bonds. The van der Waals surface area contributed by atoms with Crippen LogP contribution in [0.4, 0.5) is 0 Å². The number of hydrogen-bond acceptors (Lipinski definition) is 0. The lowest BCUT2D eigenvalue weighted by atomic mass is 10.0. The Morgan fingerprint density at radius 2 is 2.38 bits per heavy atom. The van der Waals surface area contributed by atoms with Gasteiger partial charge in [-0.05, 0) is 36.0 Å². The highest BCUT2D eigenvalue weighted by Gasteiger charge is 2.84. The van der Waals surface area contributed by atoms with Crippen molar-refractivity contribution in [2.75, 3.05) is 0 Å². The highest BCUT2D eigenvalue weighted by molar-refractivity contribution is 5.31. The minimum Gasteiger partial charge on any atom is -0.0617 e. The first-order valence-corrected chi connectivity index (χ1v) is 3.87. The van der Waals surface area contributed by atoms with Crippen LogP contribution in [0.3, 0.4) is 0 Å². The van der Waals surface area contributed by atoms with Crippen molar-refractivity contribution >= 4 is 0 Å². The molecule has 0 saturated heterocycles. The molecule has 1 spiro atoms. The third-order valence-corrected chi connectivity index (χ3v) is 4.04. The zero-order valence-corrected chi connectivity index (χ0v) is 5.35. The van der Waals surface area contributed by atoms with Crippen LogP contribution < -0.4 is 0 Å². The van der Waals surface area contributed by atoms with E-state index in [1.807, 2.05) is 0 Å². The normalized spacial score (nSPS) is 73.9. The van der Waals surface area contributed by atoms with E-state index in [0.717, 1.165) is 11.3 Å². The molecule has 0 aliphatic heterocycles. The van der Waals surface area contributed by atoms with Crippen molar-refractivity contribution < 1.29 is 0 Å². The van der Waals surface area contributed by atoms with Gasteiger partial charge in [0.2, 0.25) is 0 Å². The predicted octanol–water partition coefficient (Wildman–Crippen LogP) is 2.05. The molecule has 0 N–H and O–H groups in total. The van der Waals surface area contributed by atoms with Crippen molar-refractivity contribution in [3.8, 4) is 0 Å². The molecule has 3 aliphatic carbocycles. The number of fused-ring (bicyclic) bond motifs is 1. The van der Waals surface area contributed by atoms with Crippen molar-refractivity contribution in [1.29, 1.82) is 0 Å². The molecule has 0 aromatic heterocycles. The molecule has 3 fully saturated rings. The summed E-state index contributed by atoms with van der Waals surface area (Å²) < 4.78 is 0. The molecular weight excluding hydrogens is 96.1 g/mol. The Balaban J connectivity index is 1.98. The molecule has 0 aromatic carbocycles. The van der Waals surface area contributed by atoms with E-state index in [0.29, 0.717) is 0 Å². The van der Waals surface area contributed by atoms with Crippen molar-refractivity contribution in [2.24, 2.45) is 23.2 Å². The molecule has 0 heterocycles. The van der Waals surface area contributed by atoms with Crippen LogP contribution in [0.1, 0.15) is 26.2 Å². The molecule has 8 heavy (non-hydrogen) atoms. The summed E-state index contributed by atoms with van der Waals surface area (Å²) in [6.07, 6.45) is 4.71. The smallest absolute Gasteiger partial charge is 0.0204 e. The fraction of sp³-hybridized carbons (Fsp3) is 1.00. The van der Waals surface area contributed by atoms with E-state index in [-0.39, 0.29) is 0 Å². The van der Waals surface area contributed by atoms with E-state index in [9.17, 15) is 0 Å². The topological polar surface area (TPSA) is 0 Å². The van der Waals surface area contributed by atoms with E-state index in [2.05, 4.69) is 6.92 Å². The van der Waals surface area contributed by atoms with E-state index in [1.54, 1.807) is 19.3 Å². The lowest BCUT2D eigenvalue weighted by molar-refractivity contribution is 0.447. The summed E-state index contributed by atoms with van der Waals surface area (Å²) in [6.45, 7) is 2.44. The third kappa shape index (κ3) is 0.178. The lowest BCUT2D eigenvalue weighted by Crippen LogP contribution is -1.97. The van der Waals surface area contributed by atoms with Gasteiger partial charge in [-0.15, -0.1) is 0 Å². The van der Waals surface area contributed by atoms with Crippen molar-refractivity contribution in [3.63, 3.8) is 0 Å². The molecule has 3 aliphatic rings. The summed E-state index contributed by atoms with van der Waals surface area (Å²) in [5.74, 6) is 3.61. The average Bonchev–Trinajstić information content (AvgIpc) is 2.54. The molecule has 4 unspecified atom stereocenters. The maximum absolute atomic E-state index is 2.44. The highest BCUT2D eigenvalue weighted by atomic mass is 14.9. The predicted molar refractivity (Wildman–Crippen MR) is 32.4 cm³/mol. The van der Waals surface area contributed by atoms with Crippen LogP contribution in [0.25, 0.3) is 0 Å². The van der Waals surface area contributed by atoms with Gasteiger partial charge in [-0.1, -0.05) is 13.3 Å². The monoisotopic (exact) mass is 108 g/mol. The van der Waals surface area contributed by atoms with E-state index in [4.69, 9.17) is 0 Å². The van der Waals surface area contributed by atoms with Crippen LogP contribution in [0.2, 0.25) is 0 Å². The van der Waals surface area contributed by atoms with Gasteiger partial charge in [-0.25, -0.2) is 0 Å². The Hall–Kier alpha value is 0. The van der Waals surface area contributed by atoms with Gasteiger partial charge < -0.3 is 0 Å². The fourth-order valence-electron chi connectivity index (χ4n) is 3.49. The first kappa shape index (κ1) is 3.92. The van der Waals surface area contributed by atoms with Crippen molar-refractivity contribution in [3.05, 3.63) is 0 Å². The first-order chi connectivity index (χ1) is 3.87. The largest absolute Gasteiger partial charge is 0.0617 e. The van der Waals surface area contributed by atoms with Gasteiger partial charge in [-0.2, -0.15) is 0 Å². The Kier molecular flexibility index (Phi) is 0.381. The van der Waals surface area contributed by atoms with Gasteiger partial charge >= 0.3 is 0 Å². The molecular formula is C8H12. The van der Waals surface area contributed by atoms with Gasteiger partial charge in [0.1, 0.15) is 0 Å². The van der Waals surface area contributed by atoms with Crippen LogP contribution in [0.5, 0.6) is 0 Å². The Morgan fingerprint density at radius 3 is 2.75 bits per heavy atom. The SMILES string of the molecule is CC1C2C3CCCC132. The minimum atomic E-state index is 0.986. The Morgan fingerprint density at radius 1 is 1.50 bits per heavy atom. The second kappa shape index (κ2) is 0.778. The summed E-state index contributed by atoms with van der Waals surface area (Å²) in [6, 6.07) is 0. The Bertz CT molecular complexity index is 144. The van der Waals surface area contributed by atoms with Gasteiger partial charge in [0, 0.05) is 0 Å². The summed E-state index contributed by atoms with van der Waals surface area (Å²) in [7, 11) is 0. The number of rotatable bonds is 0. The molecule has 0 radical (unpaired) electrons. The molecule has 3 saturated carbocycles. The highest BCUT2D eigenvalue weighted by Crippen LogP contribution is 2.89. The van der Waals surface area contributed by atoms with Crippen LogP contribution in [-0.2, 0) is 0 Å². The maximum atomic E-state index is 2.44. The maximum Gasteiger partial charge on any atom is -0.0204 e. The van der Waals surface area contributed by atoms with Gasteiger partial charge in [0.25, 0.3) is 0 Å².